The Hall–Kier alpha value is -2.09. The number of carbonyl (C=O) groups excluding carboxylic acids is 3. The Balaban J connectivity index is 1.52. The largest absolute Gasteiger partial charge is 0.353 e. The molecule has 1 unspecified atom stereocenters. The summed E-state index contributed by atoms with van der Waals surface area (Å²) in [5, 5.41) is 7.61. The molecule has 2 fully saturated rings. The summed E-state index contributed by atoms with van der Waals surface area (Å²) >= 11 is 1.60. The van der Waals surface area contributed by atoms with E-state index in [1.807, 2.05) is 17.5 Å². The van der Waals surface area contributed by atoms with Crippen LogP contribution in [-0.4, -0.2) is 60.4 Å². The first kappa shape index (κ1) is 16.8. The molecule has 4 amide bonds. The van der Waals surface area contributed by atoms with Crippen LogP contribution in [0.1, 0.15) is 17.7 Å². The van der Waals surface area contributed by atoms with Crippen molar-refractivity contribution < 1.29 is 14.4 Å². The summed E-state index contributed by atoms with van der Waals surface area (Å²) in [6, 6.07) is 3.81. The van der Waals surface area contributed by atoms with Gasteiger partial charge < -0.3 is 20.4 Å². The summed E-state index contributed by atoms with van der Waals surface area (Å²) in [6.07, 6.45) is 1.58. The molecule has 1 aromatic heterocycles. The van der Waals surface area contributed by atoms with Crippen LogP contribution in [0.3, 0.4) is 0 Å². The second-order valence-electron chi connectivity index (χ2n) is 6.13. The minimum atomic E-state index is -0.211. The van der Waals surface area contributed by atoms with Gasteiger partial charge in [-0.25, -0.2) is 4.79 Å². The number of carbonyl (C=O) groups is 3. The van der Waals surface area contributed by atoms with E-state index >= 15 is 0 Å². The van der Waals surface area contributed by atoms with E-state index in [1.165, 1.54) is 0 Å². The minimum Gasteiger partial charge on any atom is -0.353 e. The van der Waals surface area contributed by atoms with Gasteiger partial charge in [0.2, 0.25) is 11.8 Å². The van der Waals surface area contributed by atoms with Crippen molar-refractivity contribution in [1.29, 1.82) is 0 Å². The van der Waals surface area contributed by atoms with Gasteiger partial charge in [-0.2, -0.15) is 0 Å². The van der Waals surface area contributed by atoms with E-state index in [9.17, 15) is 14.4 Å². The van der Waals surface area contributed by atoms with Gasteiger partial charge in [-0.3, -0.25) is 9.59 Å². The number of nitrogens with one attached hydrogen (secondary N) is 2. The van der Waals surface area contributed by atoms with Gasteiger partial charge in [-0.15, -0.1) is 11.3 Å². The molecule has 2 N–H and O–H groups in total. The number of piperazine rings is 1. The molecule has 0 bridgehead atoms. The van der Waals surface area contributed by atoms with Crippen molar-refractivity contribution in [3.63, 3.8) is 0 Å². The Morgan fingerprint density at radius 2 is 2.21 bits per heavy atom. The van der Waals surface area contributed by atoms with Gasteiger partial charge in [0.1, 0.15) is 0 Å². The summed E-state index contributed by atoms with van der Waals surface area (Å²) in [7, 11) is 0. The van der Waals surface area contributed by atoms with E-state index in [0.29, 0.717) is 32.7 Å². The predicted octanol–water partition coefficient (Wildman–Crippen LogP) is 0.628. The van der Waals surface area contributed by atoms with Crippen molar-refractivity contribution in [2.45, 2.75) is 19.4 Å². The van der Waals surface area contributed by atoms with Gasteiger partial charge in [-0.05, 0) is 24.3 Å². The first-order chi connectivity index (χ1) is 11.6. The highest BCUT2D eigenvalue weighted by atomic mass is 32.1. The fraction of sp³-hybridized carbons (Fsp3) is 0.562. The number of rotatable bonds is 3. The average Bonchev–Trinajstić information content (AvgIpc) is 3.12. The van der Waals surface area contributed by atoms with Crippen LogP contribution < -0.4 is 10.6 Å². The lowest BCUT2D eigenvalue weighted by Gasteiger charge is -2.36. The molecule has 1 atom stereocenters. The van der Waals surface area contributed by atoms with Crippen molar-refractivity contribution >= 4 is 29.2 Å². The second-order valence-corrected chi connectivity index (χ2v) is 7.17. The van der Waals surface area contributed by atoms with Crippen LogP contribution in [-0.2, 0) is 16.1 Å². The maximum atomic E-state index is 12.6. The van der Waals surface area contributed by atoms with Crippen molar-refractivity contribution in [3.05, 3.63) is 22.4 Å². The second kappa shape index (κ2) is 7.65. The van der Waals surface area contributed by atoms with Gasteiger partial charge in [0.15, 0.2) is 0 Å². The summed E-state index contributed by atoms with van der Waals surface area (Å²) in [4.78, 5) is 40.8. The zero-order chi connectivity index (χ0) is 16.9. The van der Waals surface area contributed by atoms with Crippen LogP contribution in [0.25, 0.3) is 0 Å². The van der Waals surface area contributed by atoms with Crippen molar-refractivity contribution in [3.8, 4) is 0 Å². The molecular weight excluding hydrogens is 328 g/mol. The molecule has 0 aromatic carbocycles. The number of thiophene rings is 1. The first-order valence-electron chi connectivity index (χ1n) is 8.24. The molecule has 2 aliphatic heterocycles. The maximum Gasteiger partial charge on any atom is 0.317 e. The lowest BCUT2D eigenvalue weighted by Crippen LogP contribution is -2.54. The number of hydrogen-bond donors (Lipinski definition) is 2. The Labute approximate surface area is 145 Å². The molecule has 0 radical (unpaired) electrons. The lowest BCUT2D eigenvalue weighted by molar-refractivity contribution is -0.142. The smallest absolute Gasteiger partial charge is 0.317 e. The zero-order valence-corrected chi connectivity index (χ0v) is 14.3. The molecule has 0 aliphatic carbocycles. The molecule has 24 heavy (non-hydrogen) atoms. The highest BCUT2D eigenvalue weighted by Gasteiger charge is 2.32. The number of nitrogens with zero attached hydrogens (tertiary/aromatic N) is 2. The van der Waals surface area contributed by atoms with Gasteiger partial charge >= 0.3 is 6.03 Å². The van der Waals surface area contributed by atoms with Crippen molar-refractivity contribution in [2.75, 3.05) is 32.7 Å². The quantitative estimate of drug-likeness (QED) is 0.839. The molecule has 2 aliphatic rings. The molecule has 3 heterocycles. The van der Waals surface area contributed by atoms with Crippen molar-refractivity contribution in [2.24, 2.45) is 5.92 Å². The molecule has 3 rings (SSSR count). The van der Waals surface area contributed by atoms with Crippen LogP contribution in [0.5, 0.6) is 0 Å². The SMILES string of the molecule is O=C1CN(C(=O)C2CCCN(C(=O)NCc3cccs3)C2)CCN1. The van der Waals surface area contributed by atoms with E-state index in [-0.39, 0.29) is 30.3 Å². The van der Waals surface area contributed by atoms with E-state index in [1.54, 1.807) is 21.1 Å². The molecule has 2 saturated heterocycles. The molecule has 7 nitrogen and oxygen atoms in total. The van der Waals surface area contributed by atoms with Crippen LogP contribution in [0, 0.1) is 5.92 Å². The molecule has 0 saturated carbocycles. The summed E-state index contributed by atoms with van der Waals surface area (Å²) in [6.45, 7) is 2.78. The van der Waals surface area contributed by atoms with Crippen LogP contribution in [0.4, 0.5) is 4.79 Å². The number of piperidine rings is 1. The molecule has 8 heteroatoms. The summed E-state index contributed by atoms with van der Waals surface area (Å²) in [5.41, 5.74) is 0. The summed E-state index contributed by atoms with van der Waals surface area (Å²) < 4.78 is 0. The zero-order valence-electron chi connectivity index (χ0n) is 13.5. The van der Waals surface area contributed by atoms with Gasteiger partial charge in [-0.1, -0.05) is 6.07 Å². The third kappa shape index (κ3) is 4.05. The van der Waals surface area contributed by atoms with Gasteiger partial charge in [0.05, 0.1) is 19.0 Å². The van der Waals surface area contributed by atoms with Gasteiger partial charge in [0.25, 0.3) is 0 Å². The predicted molar refractivity (Wildman–Crippen MR) is 90.4 cm³/mol. The highest BCUT2D eigenvalue weighted by molar-refractivity contribution is 7.09. The average molecular weight is 350 g/mol. The third-order valence-corrected chi connectivity index (χ3v) is 5.28. The summed E-state index contributed by atoms with van der Waals surface area (Å²) in [5.74, 6) is -0.339. The minimum absolute atomic E-state index is 0.0133. The number of hydrogen-bond acceptors (Lipinski definition) is 4. The Morgan fingerprint density at radius 3 is 2.96 bits per heavy atom. The van der Waals surface area contributed by atoms with Crippen LogP contribution in [0.2, 0.25) is 0 Å². The van der Waals surface area contributed by atoms with E-state index in [0.717, 1.165) is 17.7 Å². The normalized spacial score (nSPS) is 21.3. The molecule has 130 valence electrons. The highest BCUT2D eigenvalue weighted by Crippen LogP contribution is 2.19. The number of urea groups is 1. The fourth-order valence-electron chi connectivity index (χ4n) is 3.14. The first-order valence-corrected chi connectivity index (χ1v) is 9.12. The lowest BCUT2D eigenvalue weighted by atomic mass is 9.96. The van der Waals surface area contributed by atoms with E-state index < -0.39 is 0 Å². The van der Waals surface area contributed by atoms with Crippen LogP contribution >= 0.6 is 11.3 Å². The van der Waals surface area contributed by atoms with E-state index in [4.69, 9.17) is 0 Å². The molecule has 0 spiro atoms. The topological polar surface area (TPSA) is 81.8 Å². The third-order valence-electron chi connectivity index (χ3n) is 4.40. The molecule has 1 aromatic rings. The number of amides is 4. The Bertz CT molecular complexity index is 604. The van der Waals surface area contributed by atoms with E-state index in [2.05, 4.69) is 10.6 Å². The number of likely N-dealkylation sites (tertiary alicyclic amines) is 1. The standard InChI is InChI=1S/C16H22N4O3S/c21-14-11-19(7-5-17-14)15(22)12-3-1-6-20(10-12)16(23)18-9-13-4-2-8-24-13/h2,4,8,12H,1,3,5-7,9-11H2,(H,17,21)(H,18,23). The Kier molecular flexibility index (Phi) is 5.34. The van der Waals surface area contributed by atoms with Gasteiger partial charge in [0, 0.05) is 31.1 Å². The fourth-order valence-corrected chi connectivity index (χ4v) is 3.78. The molecular formula is C16H22N4O3S. The monoisotopic (exact) mass is 350 g/mol. The van der Waals surface area contributed by atoms with Crippen LogP contribution in [0.15, 0.2) is 17.5 Å². The van der Waals surface area contributed by atoms with Crippen molar-refractivity contribution in [1.82, 2.24) is 20.4 Å². The Morgan fingerprint density at radius 1 is 1.33 bits per heavy atom. The maximum absolute atomic E-state index is 12.6.